The molecule has 8 nitrogen and oxygen atoms in total. The van der Waals surface area contributed by atoms with Gasteiger partial charge in [0.15, 0.2) is 6.61 Å². The molecule has 27 heavy (non-hydrogen) atoms. The molecule has 11 heteroatoms. The van der Waals surface area contributed by atoms with Crippen LogP contribution in [0.25, 0.3) is 0 Å². The Hall–Kier alpha value is -2.17. The first-order valence-corrected chi connectivity index (χ1v) is 9.66. The third kappa shape index (κ3) is 6.81. The zero-order valence-electron chi connectivity index (χ0n) is 14.1. The van der Waals surface area contributed by atoms with Crippen molar-refractivity contribution < 1.29 is 24.2 Å². The molecule has 2 N–H and O–H groups in total. The van der Waals surface area contributed by atoms with Crippen LogP contribution in [0.1, 0.15) is 18.2 Å². The van der Waals surface area contributed by atoms with Gasteiger partial charge in [-0.05, 0) is 35.0 Å². The molecule has 0 saturated carbocycles. The number of hydrogen-bond acceptors (Lipinski definition) is 8. The Kier molecular flexibility index (Phi) is 8.01. The molecule has 0 unspecified atom stereocenters. The van der Waals surface area contributed by atoms with E-state index in [-0.39, 0.29) is 12.4 Å². The Morgan fingerprint density at radius 1 is 1.48 bits per heavy atom. The molecule has 0 fully saturated rings. The summed E-state index contributed by atoms with van der Waals surface area (Å²) in [7, 11) is 0. The van der Waals surface area contributed by atoms with E-state index in [0.717, 1.165) is 0 Å². The molecular formula is C16H15BrClN3O5S. The van der Waals surface area contributed by atoms with Gasteiger partial charge in [0.1, 0.15) is 5.75 Å². The second kappa shape index (κ2) is 10.2. The van der Waals surface area contributed by atoms with Gasteiger partial charge < -0.3 is 14.6 Å². The van der Waals surface area contributed by atoms with Crippen LogP contribution in [0.5, 0.6) is 5.75 Å². The average molecular weight is 477 g/mol. The molecule has 2 aromatic rings. The van der Waals surface area contributed by atoms with Crippen LogP contribution < -0.4 is 10.2 Å². The lowest BCUT2D eigenvalue weighted by Gasteiger charge is -2.09. The molecule has 0 radical (unpaired) electrons. The summed E-state index contributed by atoms with van der Waals surface area (Å²) in [6, 6.07) is 3.18. The normalized spacial score (nSPS) is 10.8. The number of ether oxygens (including phenoxy) is 2. The van der Waals surface area contributed by atoms with Gasteiger partial charge in [0, 0.05) is 16.0 Å². The first-order chi connectivity index (χ1) is 12.9. The largest absolute Gasteiger partial charge is 0.480 e. The Labute approximate surface area is 172 Å². The van der Waals surface area contributed by atoms with Crippen LogP contribution in [0.3, 0.4) is 0 Å². The summed E-state index contributed by atoms with van der Waals surface area (Å²) in [4.78, 5) is 26.4. The second-order valence-electron chi connectivity index (χ2n) is 4.98. The average Bonchev–Trinajstić information content (AvgIpc) is 3.01. The highest BCUT2D eigenvalue weighted by Gasteiger charge is 2.11. The number of hydrogen-bond donors (Lipinski definition) is 2. The molecule has 0 aliphatic carbocycles. The maximum absolute atomic E-state index is 11.5. The first kappa shape index (κ1) is 21.1. The highest BCUT2D eigenvalue weighted by molar-refractivity contribution is 9.10. The summed E-state index contributed by atoms with van der Waals surface area (Å²) in [6.07, 6.45) is 1.52. The molecule has 1 aromatic carbocycles. The molecule has 1 heterocycles. The number of hydrazone groups is 1. The van der Waals surface area contributed by atoms with Crippen molar-refractivity contribution in [2.75, 3.05) is 18.6 Å². The lowest BCUT2D eigenvalue weighted by atomic mass is 10.2. The third-order valence-corrected chi connectivity index (χ3v) is 4.53. The van der Waals surface area contributed by atoms with E-state index in [2.05, 4.69) is 31.4 Å². The number of carboxylic acid groups (broad SMARTS) is 1. The van der Waals surface area contributed by atoms with Crippen LogP contribution in [0, 0.1) is 0 Å². The summed E-state index contributed by atoms with van der Waals surface area (Å²) in [5.74, 6) is -1.15. The Morgan fingerprint density at radius 2 is 2.26 bits per heavy atom. The number of benzene rings is 1. The van der Waals surface area contributed by atoms with Gasteiger partial charge in [-0.1, -0.05) is 11.6 Å². The Bertz CT molecular complexity index is 859. The molecular weight excluding hydrogens is 462 g/mol. The van der Waals surface area contributed by atoms with Gasteiger partial charge in [-0.25, -0.2) is 9.78 Å². The SMILES string of the molecule is CCOC(=O)Cc1csc(NN=Cc2cc(Cl)cc(Br)c2OCC(=O)O)n1. The number of thiazole rings is 1. The lowest BCUT2D eigenvalue weighted by Crippen LogP contribution is -2.11. The monoisotopic (exact) mass is 475 g/mol. The lowest BCUT2D eigenvalue weighted by molar-refractivity contribution is -0.142. The zero-order chi connectivity index (χ0) is 19.8. The minimum atomic E-state index is -1.10. The van der Waals surface area contributed by atoms with Gasteiger partial charge in [-0.15, -0.1) is 11.3 Å². The summed E-state index contributed by atoms with van der Waals surface area (Å²) < 4.78 is 10.6. The summed E-state index contributed by atoms with van der Waals surface area (Å²) in [6.45, 7) is 1.56. The smallest absolute Gasteiger partial charge is 0.341 e. The highest BCUT2D eigenvalue weighted by atomic mass is 79.9. The van der Waals surface area contributed by atoms with Crippen LogP contribution >= 0.6 is 38.9 Å². The van der Waals surface area contributed by atoms with Crippen molar-refractivity contribution in [2.45, 2.75) is 13.3 Å². The predicted octanol–water partition coefficient (Wildman–Crippen LogP) is 3.57. The van der Waals surface area contributed by atoms with Gasteiger partial charge in [0.2, 0.25) is 5.13 Å². The van der Waals surface area contributed by atoms with Crippen molar-refractivity contribution in [1.29, 1.82) is 0 Å². The number of nitrogens with one attached hydrogen (secondary N) is 1. The van der Waals surface area contributed by atoms with Crippen LogP contribution in [0.4, 0.5) is 5.13 Å². The van der Waals surface area contributed by atoms with Crippen molar-refractivity contribution in [2.24, 2.45) is 5.10 Å². The van der Waals surface area contributed by atoms with Gasteiger partial charge in [0.25, 0.3) is 0 Å². The number of halogens is 2. The fraction of sp³-hybridized carbons (Fsp3) is 0.250. The van der Waals surface area contributed by atoms with Crippen molar-refractivity contribution in [1.82, 2.24) is 4.98 Å². The maximum Gasteiger partial charge on any atom is 0.341 e. The number of carboxylic acids is 1. The second-order valence-corrected chi connectivity index (χ2v) is 7.13. The molecule has 2 rings (SSSR count). The fourth-order valence-electron chi connectivity index (χ4n) is 1.92. The minimum absolute atomic E-state index is 0.0875. The van der Waals surface area contributed by atoms with E-state index in [4.69, 9.17) is 26.2 Å². The van der Waals surface area contributed by atoms with Gasteiger partial charge in [-0.3, -0.25) is 10.2 Å². The van der Waals surface area contributed by atoms with Gasteiger partial charge >= 0.3 is 11.9 Å². The molecule has 0 amide bonds. The molecule has 0 atom stereocenters. The maximum atomic E-state index is 11.5. The zero-order valence-corrected chi connectivity index (χ0v) is 17.2. The number of rotatable bonds is 9. The number of anilines is 1. The topological polar surface area (TPSA) is 110 Å². The number of aliphatic carboxylic acids is 1. The predicted molar refractivity (Wildman–Crippen MR) is 106 cm³/mol. The summed E-state index contributed by atoms with van der Waals surface area (Å²) in [5, 5.41) is 15.5. The first-order valence-electron chi connectivity index (χ1n) is 7.61. The quantitative estimate of drug-likeness (QED) is 0.323. The van der Waals surface area contributed by atoms with E-state index in [0.29, 0.717) is 38.2 Å². The molecule has 0 spiro atoms. The standard InChI is InChI=1S/C16H15BrClN3O5S/c1-2-25-14(24)5-11-8-27-16(20-11)21-19-6-9-3-10(18)4-12(17)15(9)26-7-13(22)23/h3-4,6,8H,2,5,7H2,1H3,(H,20,21)(H,22,23). The van der Waals surface area contributed by atoms with Crippen LogP contribution in [-0.4, -0.2) is 41.5 Å². The fourth-order valence-corrected chi connectivity index (χ4v) is 3.53. The highest BCUT2D eigenvalue weighted by Crippen LogP contribution is 2.32. The third-order valence-electron chi connectivity index (χ3n) is 2.92. The van der Waals surface area contributed by atoms with Gasteiger partial charge in [-0.2, -0.15) is 5.10 Å². The van der Waals surface area contributed by atoms with Crippen LogP contribution in [0.15, 0.2) is 27.1 Å². The van der Waals surface area contributed by atoms with Gasteiger partial charge in [0.05, 0.1) is 29.4 Å². The number of esters is 1. The molecule has 1 aromatic heterocycles. The van der Waals surface area contributed by atoms with E-state index in [1.807, 2.05) is 0 Å². The molecule has 0 aliphatic heterocycles. The van der Waals surface area contributed by atoms with E-state index >= 15 is 0 Å². The molecule has 0 saturated heterocycles. The molecule has 0 aliphatic rings. The van der Waals surface area contributed by atoms with Crippen molar-refractivity contribution in [3.05, 3.63) is 38.3 Å². The van der Waals surface area contributed by atoms with Crippen LogP contribution in [0.2, 0.25) is 5.02 Å². The van der Waals surface area contributed by atoms with E-state index in [1.165, 1.54) is 17.6 Å². The summed E-state index contributed by atoms with van der Waals surface area (Å²) >= 11 is 10.6. The Balaban J connectivity index is 2.06. The molecule has 144 valence electrons. The van der Waals surface area contributed by atoms with Crippen LogP contribution in [-0.2, 0) is 20.7 Å². The molecule has 0 bridgehead atoms. The van der Waals surface area contributed by atoms with Crippen molar-refractivity contribution in [3.63, 3.8) is 0 Å². The summed E-state index contributed by atoms with van der Waals surface area (Å²) in [5.41, 5.74) is 3.80. The number of carbonyl (C=O) groups is 2. The number of nitrogens with zero attached hydrogens (tertiary/aromatic N) is 2. The number of aromatic nitrogens is 1. The van der Waals surface area contributed by atoms with E-state index in [1.54, 1.807) is 24.4 Å². The van der Waals surface area contributed by atoms with E-state index in [9.17, 15) is 9.59 Å². The van der Waals surface area contributed by atoms with Crippen molar-refractivity contribution in [3.8, 4) is 5.75 Å². The Morgan fingerprint density at radius 3 is 2.96 bits per heavy atom. The minimum Gasteiger partial charge on any atom is -0.480 e. The van der Waals surface area contributed by atoms with Crippen molar-refractivity contribution >= 4 is 62.2 Å². The number of carbonyl (C=O) groups excluding carboxylic acids is 1. The van der Waals surface area contributed by atoms with E-state index < -0.39 is 12.6 Å².